The number of nitrogens with zero attached hydrogens (tertiary/aromatic N) is 4. The van der Waals surface area contributed by atoms with E-state index in [4.69, 9.17) is 9.47 Å². The van der Waals surface area contributed by atoms with Gasteiger partial charge in [0.25, 0.3) is 0 Å². The standard InChI is InChI=1S/C25H34N4O6S2/c1-15(2)13-36(30,31)29-18-5-6-19(29)12-20(11-18)34-24-16(3)25(27-14-26-24)35-22-9-10-23(28-17(22)4)37(32,33)21-7-8-21/h9-10,14-15,18-21H,5-8,11-13H2,1-4H3. The number of sulfone groups is 1. The van der Waals surface area contributed by atoms with Gasteiger partial charge in [-0.2, -0.15) is 4.31 Å². The van der Waals surface area contributed by atoms with Crippen LogP contribution in [0.2, 0.25) is 0 Å². The molecular formula is C25H34N4O6S2. The molecule has 2 aromatic rings. The van der Waals surface area contributed by atoms with E-state index in [1.54, 1.807) is 24.2 Å². The Bertz CT molecular complexity index is 1380. The van der Waals surface area contributed by atoms with E-state index in [-0.39, 0.29) is 40.1 Å². The summed E-state index contributed by atoms with van der Waals surface area (Å²) in [6, 6.07) is 2.97. The van der Waals surface area contributed by atoms with Gasteiger partial charge in [-0.05, 0) is 57.6 Å². The van der Waals surface area contributed by atoms with Crippen LogP contribution in [0.25, 0.3) is 0 Å². The Balaban J connectivity index is 1.29. The van der Waals surface area contributed by atoms with E-state index in [0.717, 1.165) is 12.8 Å². The number of pyridine rings is 1. The van der Waals surface area contributed by atoms with Crippen molar-refractivity contribution >= 4 is 19.9 Å². The van der Waals surface area contributed by atoms with Gasteiger partial charge in [0.05, 0.1) is 22.3 Å². The first-order valence-electron chi connectivity index (χ1n) is 12.8. The lowest BCUT2D eigenvalue weighted by Gasteiger charge is -2.38. The first-order chi connectivity index (χ1) is 17.5. The summed E-state index contributed by atoms with van der Waals surface area (Å²) in [5.74, 6) is 1.35. The van der Waals surface area contributed by atoms with Crippen LogP contribution < -0.4 is 9.47 Å². The summed E-state index contributed by atoms with van der Waals surface area (Å²) in [5.41, 5.74) is 1.06. The van der Waals surface area contributed by atoms with Gasteiger partial charge >= 0.3 is 0 Å². The largest absolute Gasteiger partial charge is 0.474 e. The van der Waals surface area contributed by atoms with Gasteiger partial charge in [0.1, 0.15) is 12.4 Å². The second kappa shape index (κ2) is 9.77. The van der Waals surface area contributed by atoms with Crippen molar-refractivity contribution in [1.82, 2.24) is 19.3 Å². The van der Waals surface area contributed by atoms with Gasteiger partial charge in [-0.1, -0.05) is 13.8 Å². The molecule has 2 aromatic heterocycles. The highest BCUT2D eigenvalue weighted by molar-refractivity contribution is 7.92. The summed E-state index contributed by atoms with van der Waals surface area (Å²) in [6.07, 6.45) is 5.50. The number of aromatic nitrogens is 3. The Hall–Kier alpha value is -2.31. The van der Waals surface area contributed by atoms with E-state index < -0.39 is 19.9 Å². The second-order valence-electron chi connectivity index (χ2n) is 10.8. The predicted octanol–water partition coefficient (Wildman–Crippen LogP) is 3.58. The highest BCUT2D eigenvalue weighted by Crippen LogP contribution is 2.40. The fourth-order valence-electron chi connectivity index (χ4n) is 5.39. The van der Waals surface area contributed by atoms with E-state index in [0.29, 0.717) is 54.5 Å². The van der Waals surface area contributed by atoms with Gasteiger partial charge in [-0.15, -0.1) is 0 Å². The number of rotatable bonds is 9. The minimum atomic E-state index is -3.39. The van der Waals surface area contributed by atoms with Crippen LogP contribution in [0.3, 0.4) is 0 Å². The van der Waals surface area contributed by atoms with Crippen LogP contribution in [-0.4, -0.2) is 65.3 Å². The molecule has 2 aliphatic heterocycles. The summed E-state index contributed by atoms with van der Waals surface area (Å²) in [7, 11) is -6.68. The molecule has 0 spiro atoms. The molecule has 37 heavy (non-hydrogen) atoms. The zero-order valence-corrected chi connectivity index (χ0v) is 23.3. The van der Waals surface area contributed by atoms with Crippen LogP contribution in [0.15, 0.2) is 23.5 Å². The predicted molar refractivity (Wildman–Crippen MR) is 137 cm³/mol. The van der Waals surface area contributed by atoms with Gasteiger partial charge in [0, 0.05) is 24.9 Å². The summed E-state index contributed by atoms with van der Waals surface area (Å²) >= 11 is 0. The fraction of sp³-hybridized carbons (Fsp3) is 0.640. The Labute approximate surface area is 218 Å². The molecule has 0 aromatic carbocycles. The normalized spacial score (nSPS) is 24.4. The molecule has 2 unspecified atom stereocenters. The smallest absolute Gasteiger partial charge is 0.229 e. The molecule has 1 aliphatic carbocycles. The third-order valence-corrected chi connectivity index (χ3v) is 11.7. The average molecular weight is 551 g/mol. The lowest BCUT2D eigenvalue weighted by Crippen LogP contribution is -2.50. The molecule has 2 saturated heterocycles. The van der Waals surface area contributed by atoms with Gasteiger partial charge in [0.15, 0.2) is 20.6 Å². The average Bonchev–Trinajstić information content (AvgIpc) is 3.62. The number of hydrogen-bond acceptors (Lipinski definition) is 9. The molecule has 0 radical (unpaired) electrons. The Kier molecular flexibility index (Phi) is 6.95. The van der Waals surface area contributed by atoms with E-state index >= 15 is 0 Å². The monoisotopic (exact) mass is 550 g/mol. The number of fused-ring (bicyclic) bond motifs is 2. The van der Waals surface area contributed by atoms with Crippen molar-refractivity contribution in [1.29, 1.82) is 0 Å². The van der Waals surface area contributed by atoms with Crippen molar-refractivity contribution in [2.75, 3.05) is 5.75 Å². The van der Waals surface area contributed by atoms with E-state index in [1.807, 2.05) is 13.8 Å². The van der Waals surface area contributed by atoms with Crippen LogP contribution in [0, 0.1) is 19.8 Å². The van der Waals surface area contributed by atoms with Gasteiger partial charge in [0.2, 0.25) is 21.8 Å². The number of hydrogen-bond donors (Lipinski definition) is 0. The van der Waals surface area contributed by atoms with Crippen LogP contribution >= 0.6 is 0 Å². The molecular weight excluding hydrogens is 516 g/mol. The molecule has 10 nitrogen and oxygen atoms in total. The van der Waals surface area contributed by atoms with Crippen molar-refractivity contribution in [2.45, 2.75) is 94.7 Å². The molecule has 0 amide bonds. The maximum atomic E-state index is 12.9. The summed E-state index contributed by atoms with van der Waals surface area (Å²) in [4.78, 5) is 12.8. The number of piperidine rings is 1. The van der Waals surface area contributed by atoms with Crippen LogP contribution in [0.1, 0.15) is 63.6 Å². The maximum absolute atomic E-state index is 12.9. The molecule has 4 heterocycles. The SMILES string of the molecule is Cc1nc(S(=O)(=O)C2CC2)ccc1Oc1ncnc(OC2CC3CCC(C2)N3S(=O)(=O)CC(C)C)c1C. The van der Waals surface area contributed by atoms with Crippen LogP contribution in [0.5, 0.6) is 17.5 Å². The number of sulfonamides is 1. The van der Waals surface area contributed by atoms with Crippen LogP contribution in [0.4, 0.5) is 0 Å². The van der Waals surface area contributed by atoms with Crippen molar-refractivity contribution in [3.8, 4) is 17.5 Å². The molecule has 1 saturated carbocycles. The zero-order chi connectivity index (χ0) is 26.5. The molecule has 12 heteroatoms. The lowest BCUT2D eigenvalue weighted by atomic mass is 10.0. The molecule has 0 N–H and O–H groups in total. The fourth-order valence-corrected chi connectivity index (χ4v) is 9.31. The maximum Gasteiger partial charge on any atom is 0.229 e. The van der Waals surface area contributed by atoms with Gasteiger partial charge in [-0.25, -0.2) is 31.8 Å². The zero-order valence-electron chi connectivity index (χ0n) is 21.6. The van der Waals surface area contributed by atoms with Crippen molar-refractivity contribution in [2.24, 2.45) is 5.92 Å². The molecule has 3 aliphatic rings. The Morgan fingerprint density at radius 1 is 0.973 bits per heavy atom. The molecule has 2 atom stereocenters. The van der Waals surface area contributed by atoms with Crippen molar-refractivity contribution < 1.29 is 26.3 Å². The van der Waals surface area contributed by atoms with E-state index in [2.05, 4.69) is 15.0 Å². The summed E-state index contributed by atoms with van der Waals surface area (Å²) in [5, 5.41) is -0.257. The van der Waals surface area contributed by atoms with Gasteiger partial charge < -0.3 is 9.47 Å². The van der Waals surface area contributed by atoms with Crippen molar-refractivity contribution in [3.63, 3.8) is 0 Å². The molecule has 3 fully saturated rings. The number of ether oxygens (including phenoxy) is 2. The topological polar surface area (TPSA) is 129 Å². The lowest BCUT2D eigenvalue weighted by molar-refractivity contribution is 0.0906. The minimum Gasteiger partial charge on any atom is -0.474 e. The Morgan fingerprint density at radius 2 is 1.62 bits per heavy atom. The second-order valence-corrected chi connectivity index (χ2v) is 14.9. The van der Waals surface area contributed by atoms with E-state index in [9.17, 15) is 16.8 Å². The quantitative estimate of drug-likeness (QED) is 0.460. The van der Waals surface area contributed by atoms with Crippen LogP contribution in [-0.2, 0) is 19.9 Å². The third-order valence-electron chi connectivity index (χ3n) is 7.23. The summed E-state index contributed by atoms with van der Waals surface area (Å²) in [6.45, 7) is 7.35. The van der Waals surface area contributed by atoms with E-state index in [1.165, 1.54) is 12.4 Å². The molecule has 202 valence electrons. The Morgan fingerprint density at radius 3 is 2.22 bits per heavy atom. The summed E-state index contributed by atoms with van der Waals surface area (Å²) < 4.78 is 64.9. The number of aryl methyl sites for hydroxylation is 1. The van der Waals surface area contributed by atoms with Crippen molar-refractivity contribution in [3.05, 3.63) is 29.7 Å². The highest BCUT2D eigenvalue weighted by Gasteiger charge is 2.47. The minimum absolute atomic E-state index is 0.0514. The molecule has 2 bridgehead atoms. The van der Waals surface area contributed by atoms with Gasteiger partial charge in [-0.3, -0.25) is 0 Å². The third kappa shape index (κ3) is 5.33. The highest BCUT2D eigenvalue weighted by atomic mass is 32.2. The molecule has 5 rings (SSSR count). The first-order valence-corrected chi connectivity index (χ1v) is 16.0. The first kappa shape index (κ1) is 26.3.